The summed E-state index contributed by atoms with van der Waals surface area (Å²) < 4.78 is 3.98. The highest BCUT2D eigenvalue weighted by Crippen LogP contribution is 2.16. The Bertz CT molecular complexity index is 482. The Hall–Kier alpha value is -0.980. The number of rotatable bonds is 1. The molecule has 0 aliphatic rings. The van der Waals surface area contributed by atoms with Crippen molar-refractivity contribution in [2.75, 3.05) is 0 Å². The second kappa shape index (κ2) is 5.12. The molecule has 0 radical (unpaired) electrons. The van der Waals surface area contributed by atoms with E-state index in [0.29, 0.717) is 0 Å². The van der Waals surface area contributed by atoms with E-state index in [1.165, 1.54) is 0 Å². The Morgan fingerprint density at radius 1 is 1.18 bits per heavy atom. The third kappa shape index (κ3) is 3.24. The molecule has 92 valence electrons. The average Bonchev–Trinajstić information content (AvgIpc) is 2.64. The van der Waals surface area contributed by atoms with E-state index < -0.39 is 0 Å². The van der Waals surface area contributed by atoms with E-state index in [9.17, 15) is 0 Å². The Balaban J connectivity index is 0.00000144. The molecule has 0 spiro atoms. The second-order valence-electron chi connectivity index (χ2n) is 5.00. The van der Waals surface area contributed by atoms with Gasteiger partial charge in [-0.15, -0.1) is 0 Å². The van der Waals surface area contributed by atoms with Gasteiger partial charge in [0.2, 0.25) is 6.33 Å². The fourth-order valence-electron chi connectivity index (χ4n) is 1.44. The Kier molecular flexibility index (Phi) is 4.24. The molecule has 0 fully saturated rings. The van der Waals surface area contributed by atoms with Crippen molar-refractivity contribution in [3.8, 4) is 5.69 Å². The molecule has 0 N–H and O–H groups in total. The molecule has 4 nitrogen and oxygen atoms in total. The van der Waals surface area contributed by atoms with E-state index in [0.717, 1.165) is 11.5 Å². The van der Waals surface area contributed by atoms with Crippen LogP contribution in [0.5, 0.6) is 0 Å². The number of hydrogen-bond acceptors (Lipinski definition) is 2. The van der Waals surface area contributed by atoms with Crippen LogP contribution in [-0.4, -0.2) is 14.5 Å². The van der Waals surface area contributed by atoms with Crippen molar-refractivity contribution in [2.24, 2.45) is 7.05 Å². The van der Waals surface area contributed by atoms with Crippen LogP contribution in [0.25, 0.3) is 5.69 Å². The van der Waals surface area contributed by atoms with E-state index in [2.05, 4.69) is 30.7 Å². The Labute approximate surface area is 119 Å². The zero-order chi connectivity index (χ0) is 11.8. The minimum Gasteiger partial charge on any atom is -1.00 e. The molecule has 0 saturated heterocycles. The van der Waals surface area contributed by atoms with Crippen LogP contribution in [0.15, 0.2) is 31.1 Å². The van der Waals surface area contributed by atoms with Crippen molar-refractivity contribution in [1.82, 2.24) is 14.5 Å². The van der Waals surface area contributed by atoms with Gasteiger partial charge < -0.3 is 24.0 Å². The molecular weight excluding hydrogens is 327 g/mol. The molecule has 0 unspecified atom stereocenters. The van der Waals surface area contributed by atoms with Crippen LogP contribution in [0.1, 0.15) is 26.6 Å². The van der Waals surface area contributed by atoms with Crippen molar-refractivity contribution in [3.05, 3.63) is 36.9 Å². The summed E-state index contributed by atoms with van der Waals surface area (Å²) in [6.45, 7) is 6.33. The van der Waals surface area contributed by atoms with Gasteiger partial charge in [0.05, 0.1) is 19.4 Å². The highest BCUT2D eigenvalue weighted by atomic mass is 127. The van der Waals surface area contributed by atoms with Gasteiger partial charge in [0.1, 0.15) is 18.2 Å². The largest absolute Gasteiger partial charge is 1.00 e. The minimum atomic E-state index is -0.000115. The average molecular weight is 344 g/mol. The highest BCUT2D eigenvalue weighted by molar-refractivity contribution is 5.15. The molecule has 0 aromatic carbocycles. The lowest BCUT2D eigenvalue weighted by molar-refractivity contribution is -0.595. The molecule has 17 heavy (non-hydrogen) atoms. The van der Waals surface area contributed by atoms with Crippen LogP contribution in [0, 0.1) is 0 Å². The molecule has 2 aromatic rings. The summed E-state index contributed by atoms with van der Waals surface area (Å²) >= 11 is 0. The first-order chi connectivity index (χ1) is 7.47. The molecule has 0 aliphatic heterocycles. The van der Waals surface area contributed by atoms with Gasteiger partial charge in [-0.3, -0.25) is 0 Å². The van der Waals surface area contributed by atoms with Gasteiger partial charge in [-0.1, -0.05) is 20.8 Å². The molecule has 0 bridgehead atoms. The fourth-order valence-corrected chi connectivity index (χ4v) is 1.44. The quantitative estimate of drug-likeness (QED) is 0.461. The molecule has 2 rings (SSSR count). The molecule has 2 heterocycles. The SMILES string of the molecule is Cn1cc[n+](-c2cnc(C(C)(C)C)nc2)c1.[I-]. The van der Waals surface area contributed by atoms with Crippen LogP contribution >= 0.6 is 0 Å². The standard InChI is InChI=1S/C12H17N4.HI/c1-12(2,3)11-13-7-10(8-14-11)16-6-5-15(4)9-16;/h5-9H,1-4H3;1H/q+1;/p-1. The number of hydrogen-bond donors (Lipinski definition) is 0. The number of aromatic nitrogens is 4. The number of halogens is 1. The summed E-state index contributed by atoms with van der Waals surface area (Å²) in [5.41, 5.74) is 0.980. The third-order valence-electron chi connectivity index (χ3n) is 2.38. The topological polar surface area (TPSA) is 34.6 Å². The maximum absolute atomic E-state index is 4.39. The smallest absolute Gasteiger partial charge is 0.248 e. The van der Waals surface area contributed by atoms with Gasteiger partial charge in [0, 0.05) is 5.41 Å². The number of nitrogens with zero attached hydrogens (tertiary/aromatic N) is 4. The first-order valence-corrected chi connectivity index (χ1v) is 5.33. The lowest BCUT2D eigenvalue weighted by Gasteiger charge is -2.15. The normalized spacial score (nSPS) is 11.1. The van der Waals surface area contributed by atoms with E-state index in [1.807, 2.05) is 47.3 Å². The maximum atomic E-state index is 4.39. The second-order valence-corrected chi connectivity index (χ2v) is 5.00. The van der Waals surface area contributed by atoms with Gasteiger partial charge in [0.25, 0.3) is 0 Å². The van der Waals surface area contributed by atoms with Crippen LogP contribution in [0.2, 0.25) is 0 Å². The zero-order valence-electron chi connectivity index (χ0n) is 10.6. The van der Waals surface area contributed by atoms with Gasteiger partial charge in [0.15, 0.2) is 5.69 Å². The molecule has 2 aromatic heterocycles. The molecule has 0 atom stereocenters. The lowest BCUT2D eigenvalue weighted by Crippen LogP contribution is -3.00. The van der Waals surface area contributed by atoms with E-state index in [-0.39, 0.29) is 29.4 Å². The van der Waals surface area contributed by atoms with E-state index >= 15 is 0 Å². The van der Waals surface area contributed by atoms with Gasteiger partial charge >= 0.3 is 0 Å². The van der Waals surface area contributed by atoms with Crippen LogP contribution < -0.4 is 28.5 Å². The van der Waals surface area contributed by atoms with Crippen LogP contribution in [0.3, 0.4) is 0 Å². The fraction of sp³-hybridized carbons (Fsp3) is 0.417. The van der Waals surface area contributed by atoms with Crippen LogP contribution in [0.4, 0.5) is 0 Å². The number of aryl methyl sites for hydroxylation is 1. The third-order valence-corrected chi connectivity index (χ3v) is 2.38. The van der Waals surface area contributed by atoms with Crippen molar-refractivity contribution in [2.45, 2.75) is 26.2 Å². The Morgan fingerprint density at radius 2 is 1.76 bits per heavy atom. The molecule has 5 heteroatoms. The summed E-state index contributed by atoms with van der Waals surface area (Å²) in [5.74, 6) is 0.868. The molecular formula is C12H17IN4. The summed E-state index contributed by atoms with van der Waals surface area (Å²) in [7, 11) is 1.99. The van der Waals surface area contributed by atoms with Crippen molar-refractivity contribution in [3.63, 3.8) is 0 Å². The van der Waals surface area contributed by atoms with Crippen LogP contribution in [-0.2, 0) is 12.5 Å². The summed E-state index contributed by atoms with van der Waals surface area (Å²) in [4.78, 5) is 8.79. The van der Waals surface area contributed by atoms with Gasteiger partial charge in [-0.2, -0.15) is 4.57 Å². The summed E-state index contributed by atoms with van der Waals surface area (Å²) in [6.07, 6.45) is 9.66. The van der Waals surface area contributed by atoms with Gasteiger partial charge in [-0.25, -0.2) is 14.5 Å². The van der Waals surface area contributed by atoms with Crippen molar-refractivity contribution in [1.29, 1.82) is 0 Å². The first-order valence-electron chi connectivity index (χ1n) is 5.33. The monoisotopic (exact) mass is 344 g/mol. The summed E-state index contributed by atoms with van der Waals surface area (Å²) in [6, 6.07) is 0. The molecule has 0 saturated carbocycles. The van der Waals surface area contributed by atoms with Crippen molar-refractivity contribution < 1.29 is 28.5 Å². The summed E-state index contributed by atoms with van der Waals surface area (Å²) in [5, 5.41) is 0. The Morgan fingerprint density at radius 3 is 2.18 bits per heavy atom. The van der Waals surface area contributed by atoms with E-state index in [1.54, 1.807) is 0 Å². The van der Waals surface area contributed by atoms with Gasteiger partial charge in [-0.05, 0) is 0 Å². The lowest BCUT2D eigenvalue weighted by atomic mass is 9.96. The first kappa shape index (κ1) is 14.1. The maximum Gasteiger partial charge on any atom is 0.248 e. The highest BCUT2D eigenvalue weighted by Gasteiger charge is 2.17. The predicted octanol–water partition coefficient (Wildman–Crippen LogP) is -1.61. The molecule has 0 aliphatic carbocycles. The van der Waals surface area contributed by atoms with E-state index in [4.69, 9.17) is 0 Å². The molecule has 0 amide bonds. The minimum absolute atomic E-state index is 0. The zero-order valence-corrected chi connectivity index (χ0v) is 12.7. The predicted molar refractivity (Wildman–Crippen MR) is 61.2 cm³/mol. The van der Waals surface area contributed by atoms with Crippen molar-refractivity contribution >= 4 is 0 Å². The number of imidazole rings is 1.